The molecule has 140 valence electrons. The van der Waals surface area contributed by atoms with Crippen LogP contribution in [0.4, 0.5) is 5.69 Å². The van der Waals surface area contributed by atoms with Crippen molar-refractivity contribution in [2.75, 3.05) is 18.5 Å². The second-order valence-electron chi connectivity index (χ2n) is 7.18. The van der Waals surface area contributed by atoms with Gasteiger partial charge in [-0.1, -0.05) is 6.07 Å². The summed E-state index contributed by atoms with van der Waals surface area (Å²) in [6.07, 6.45) is 2.93. The summed E-state index contributed by atoms with van der Waals surface area (Å²) in [5.41, 5.74) is 3.73. The van der Waals surface area contributed by atoms with Gasteiger partial charge in [-0.2, -0.15) is 0 Å². The van der Waals surface area contributed by atoms with E-state index in [0.29, 0.717) is 18.7 Å². The average Bonchev–Trinajstić information content (AvgIpc) is 3.53. The van der Waals surface area contributed by atoms with Gasteiger partial charge < -0.3 is 15.0 Å². The molecule has 0 spiro atoms. The highest BCUT2D eigenvalue weighted by Gasteiger charge is 2.34. The summed E-state index contributed by atoms with van der Waals surface area (Å²) in [4.78, 5) is 26.8. The minimum absolute atomic E-state index is 0.153. The topological polar surface area (TPSA) is 58.6 Å². The van der Waals surface area contributed by atoms with Gasteiger partial charge in [0.05, 0.1) is 6.61 Å². The Balaban J connectivity index is 1.44. The number of hydrogen-bond acceptors (Lipinski definition) is 3. The molecular formula is C22H24N2O3. The van der Waals surface area contributed by atoms with E-state index < -0.39 is 0 Å². The van der Waals surface area contributed by atoms with Crippen LogP contribution in [0.5, 0.6) is 5.75 Å². The van der Waals surface area contributed by atoms with Gasteiger partial charge in [0.2, 0.25) is 5.91 Å². The van der Waals surface area contributed by atoms with Crippen LogP contribution in [0.2, 0.25) is 0 Å². The van der Waals surface area contributed by atoms with Crippen LogP contribution in [-0.4, -0.2) is 29.9 Å². The Kier molecular flexibility index (Phi) is 4.84. The van der Waals surface area contributed by atoms with Crippen LogP contribution < -0.4 is 10.1 Å². The Morgan fingerprint density at radius 3 is 2.59 bits per heavy atom. The van der Waals surface area contributed by atoms with Gasteiger partial charge in [-0.05, 0) is 73.7 Å². The number of nitrogens with zero attached hydrogens (tertiary/aromatic N) is 1. The van der Waals surface area contributed by atoms with Gasteiger partial charge in [0.25, 0.3) is 5.91 Å². The number of rotatable bonds is 5. The van der Waals surface area contributed by atoms with Crippen molar-refractivity contribution in [3.05, 3.63) is 59.2 Å². The van der Waals surface area contributed by atoms with E-state index in [-0.39, 0.29) is 17.7 Å². The molecule has 2 aromatic rings. The van der Waals surface area contributed by atoms with Crippen molar-refractivity contribution in [2.24, 2.45) is 5.92 Å². The molecule has 1 fully saturated rings. The molecule has 2 aliphatic rings. The molecule has 0 aromatic heterocycles. The summed E-state index contributed by atoms with van der Waals surface area (Å²) in [6, 6.07) is 13.1. The van der Waals surface area contributed by atoms with Crippen molar-refractivity contribution in [2.45, 2.75) is 32.7 Å². The van der Waals surface area contributed by atoms with Crippen LogP contribution in [0.25, 0.3) is 0 Å². The average molecular weight is 364 g/mol. The molecule has 1 aliphatic carbocycles. The monoisotopic (exact) mass is 364 g/mol. The predicted molar refractivity (Wildman–Crippen MR) is 104 cm³/mol. The molecule has 2 aromatic carbocycles. The summed E-state index contributed by atoms with van der Waals surface area (Å²) in [7, 11) is 0. The largest absolute Gasteiger partial charge is 0.494 e. The molecule has 0 unspecified atom stereocenters. The maximum atomic E-state index is 12.5. The number of carbonyl (C=O) groups is 2. The highest BCUT2D eigenvalue weighted by molar-refractivity contribution is 6.04. The number of amides is 2. The Hall–Kier alpha value is -2.82. The molecule has 0 saturated heterocycles. The summed E-state index contributed by atoms with van der Waals surface area (Å²) in [6.45, 7) is 3.95. The number of hydrogen-bond donors (Lipinski definition) is 1. The first kappa shape index (κ1) is 17.6. The molecule has 0 radical (unpaired) electrons. The lowest BCUT2D eigenvalue weighted by molar-refractivity contribution is -0.133. The quantitative estimate of drug-likeness (QED) is 0.881. The zero-order chi connectivity index (χ0) is 18.8. The molecule has 1 saturated carbocycles. The first-order valence-corrected chi connectivity index (χ1v) is 9.59. The van der Waals surface area contributed by atoms with E-state index in [9.17, 15) is 9.59 Å². The van der Waals surface area contributed by atoms with E-state index in [2.05, 4.69) is 11.4 Å². The van der Waals surface area contributed by atoms with Crippen LogP contribution in [0.15, 0.2) is 42.5 Å². The van der Waals surface area contributed by atoms with Gasteiger partial charge in [-0.15, -0.1) is 0 Å². The van der Waals surface area contributed by atoms with Gasteiger partial charge in [-0.3, -0.25) is 9.59 Å². The van der Waals surface area contributed by atoms with Gasteiger partial charge in [0.1, 0.15) is 5.75 Å². The van der Waals surface area contributed by atoms with E-state index in [1.54, 1.807) is 24.3 Å². The third kappa shape index (κ3) is 3.97. The third-order valence-electron chi connectivity index (χ3n) is 5.14. The van der Waals surface area contributed by atoms with E-state index >= 15 is 0 Å². The van der Waals surface area contributed by atoms with Crippen molar-refractivity contribution in [1.29, 1.82) is 0 Å². The molecule has 5 heteroatoms. The highest BCUT2D eigenvalue weighted by atomic mass is 16.5. The summed E-state index contributed by atoms with van der Waals surface area (Å²) >= 11 is 0. The molecule has 5 nitrogen and oxygen atoms in total. The molecular weight excluding hydrogens is 340 g/mol. The van der Waals surface area contributed by atoms with E-state index in [4.69, 9.17) is 4.74 Å². The summed E-state index contributed by atoms with van der Waals surface area (Å²) in [5, 5.41) is 2.96. The molecule has 0 atom stereocenters. The zero-order valence-electron chi connectivity index (χ0n) is 15.5. The lowest BCUT2D eigenvalue weighted by atomic mass is 9.98. The number of ether oxygens (including phenoxy) is 1. The molecule has 2 amide bonds. The second kappa shape index (κ2) is 7.43. The predicted octanol–water partition coefficient (Wildman–Crippen LogP) is 3.63. The zero-order valence-corrected chi connectivity index (χ0v) is 15.5. The fraction of sp³-hybridized carbons (Fsp3) is 0.364. The molecule has 27 heavy (non-hydrogen) atoms. The smallest absolute Gasteiger partial charge is 0.255 e. The Labute approximate surface area is 159 Å². The van der Waals surface area contributed by atoms with Crippen LogP contribution in [-0.2, 0) is 17.8 Å². The SMILES string of the molecule is CCOc1ccc(C(=O)Nc2ccc3c(c2)CN(C(=O)C2CC2)CC3)cc1. The van der Waals surface area contributed by atoms with Crippen molar-refractivity contribution < 1.29 is 14.3 Å². The maximum Gasteiger partial charge on any atom is 0.255 e. The molecule has 1 N–H and O–H groups in total. The summed E-state index contributed by atoms with van der Waals surface area (Å²) < 4.78 is 5.41. The van der Waals surface area contributed by atoms with Crippen LogP contribution in [0.1, 0.15) is 41.3 Å². The number of fused-ring (bicyclic) bond motifs is 1. The number of nitrogens with one attached hydrogen (secondary N) is 1. The van der Waals surface area contributed by atoms with Crippen molar-refractivity contribution in [3.63, 3.8) is 0 Å². The summed E-state index contributed by atoms with van der Waals surface area (Å²) in [5.74, 6) is 1.13. The highest BCUT2D eigenvalue weighted by Crippen LogP contribution is 2.33. The minimum Gasteiger partial charge on any atom is -0.494 e. The Morgan fingerprint density at radius 1 is 1.11 bits per heavy atom. The maximum absolute atomic E-state index is 12.5. The van der Waals surface area contributed by atoms with Crippen molar-refractivity contribution in [1.82, 2.24) is 4.90 Å². The second-order valence-corrected chi connectivity index (χ2v) is 7.18. The molecule has 1 heterocycles. The number of anilines is 1. The first-order chi connectivity index (χ1) is 13.1. The first-order valence-electron chi connectivity index (χ1n) is 9.59. The van der Waals surface area contributed by atoms with E-state index in [1.807, 2.05) is 24.0 Å². The van der Waals surface area contributed by atoms with Gasteiger partial charge in [0.15, 0.2) is 0 Å². The molecule has 1 aliphatic heterocycles. The van der Waals surface area contributed by atoms with Crippen molar-refractivity contribution >= 4 is 17.5 Å². The van der Waals surface area contributed by atoms with E-state index in [0.717, 1.165) is 42.8 Å². The fourth-order valence-corrected chi connectivity index (χ4v) is 3.48. The number of carbonyl (C=O) groups excluding carboxylic acids is 2. The fourth-order valence-electron chi connectivity index (χ4n) is 3.48. The standard InChI is InChI=1S/C22H24N2O3/c1-2-27-20-9-6-16(7-10-20)21(25)23-19-8-5-15-11-12-24(14-18(15)13-19)22(26)17-3-4-17/h5-10,13,17H,2-4,11-12,14H2,1H3,(H,23,25). The van der Waals surface area contributed by atoms with Gasteiger partial charge in [0, 0.05) is 30.3 Å². The van der Waals surface area contributed by atoms with Crippen LogP contribution >= 0.6 is 0 Å². The van der Waals surface area contributed by atoms with Gasteiger partial charge >= 0.3 is 0 Å². The lowest BCUT2D eigenvalue weighted by Gasteiger charge is -2.29. The lowest BCUT2D eigenvalue weighted by Crippen LogP contribution is -2.36. The van der Waals surface area contributed by atoms with Gasteiger partial charge in [-0.25, -0.2) is 0 Å². The Bertz CT molecular complexity index is 856. The molecule has 4 rings (SSSR count). The Morgan fingerprint density at radius 2 is 1.89 bits per heavy atom. The van der Waals surface area contributed by atoms with Crippen LogP contribution in [0, 0.1) is 5.92 Å². The molecule has 0 bridgehead atoms. The third-order valence-corrected chi connectivity index (χ3v) is 5.14. The number of benzene rings is 2. The van der Waals surface area contributed by atoms with Crippen LogP contribution in [0.3, 0.4) is 0 Å². The van der Waals surface area contributed by atoms with Crippen molar-refractivity contribution in [3.8, 4) is 5.75 Å². The minimum atomic E-state index is -0.153. The van der Waals surface area contributed by atoms with E-state index in [1.165, 1.54) is 5.56 Å². The normalized spacial score (nSPS) is 15.8.